The van der Waals surface area contributed by atoms with Crippen LogP contribution < -0.4 is 0 Å². The molecule has 0 radical (unpaired) electrons. The van der Waals surface area contributed by atoms with Gasteiger partial charge in [0.15, 0.2) is 0 Å². The average molecular weight is 231 g/mol. The molecule has 1 saturated heterocycles. The standard InChI is InChI=1S/C13H27OS/c1-15(2)12-7-5-3-4-6-9-13-10-8-11-14-13/h13H,3-12H2,1-2H3/q+1. The van der Waals surface area contributed by atoms with Crippen molar-refractivity contribution in [3.8, 4) is 0 Å². The molecule has 0 aromatic rings. The van der Waals surface area contributed by atoms with E-state index in [0.717, 1.165) is 6.61 Å². The first kappa shape index (κ1) is 13.4. The second-order valence-electron chi connectivity index (χ2n) is 4.88. The fourth-order valence-corrected chi connectivity index (χ4v) is 2.95. The molecule has 0 aromatic carbocycles. The molecule has 2 heteroatoms. The minimum atomic E-state index is 0.613. The number of ether oxygens (including phenoxy) is 1. The Morgan fingerprint density at radius 2 is 1.80 bits per heavy atom. The molecule has 1 aliphatic rings. The Morgan fingerprint density at radius 1 is 1.07 bits per heavy atom. The van der Waals surface area contributed by atoms with Crippen molar-refractivity contribution in [1.29, 1.82) is 0 Å². The Kier molecular flexibility index (Phi) is 7.54. The van der Waals surface area contributed by atoms with Crippen LogP contribution in [-0.4, -0.2) is 31.0 Å². The highest BCUT2D eigenvalue weighted by Crippen LogP contribution is 2.18. The van der Waals surface area contributed by atoms with E-state index < -0.39 is 0 Å². The van der Waals surface area contributed by atoms with Gasteiger partial charge in [0, 0.05) is 6.61 Å². The Labute approximate surface area is 98.3 Å². The van der Waals surface area contributed by atoms with E-state index in [-0.39, 0.29) is 0 Å². The van der Waals surface area contributed by atoms with Crippen molar-refractivity contribution in [3.63, 3.8) is 0 Å². The molecule has 0 aliphatic carbocycles. The monoisotopic (exact) mass is 231 g/mol. The Morgan fingerprint density at radius 3 is 2.47 bits per heavy atom. The molecular weight excluding hydrogens is 204 g/mol. The zero-order chi connectivity index (χ0) is 10.9. The van der Waals surface area contributed by atoms with Crippen LogP contribution in [0.15, 0.2) is 0 Å². The van der Waals surface area contributed by atoms with E-state index in [4.69, 9.17) is 4.74 Å². The van der Waals surface area contributed by atoms with Crippen LogP contribution in [0.5, 0.6) is 0 Å². The summed E-state index contributed by atoms with van der Waals surface area (Å²) in [6.07, 6.45) is 16.3. The molecule has 0 bridgehead atoms. The molecule has 1 fully saturated rings. The van der Waals surface area contributed by atoms with Gasteiger partial charge in [-0.05, 0) is 43.0 Å². The number of unbranched alkanes of at least 4 members (excludes halogenated alkanes) is 4. The lowest BCUT2D eigenvalue weighted by molar-refractivity contribution is 0.102. The molecule has 1 aliphatic heterocycles. The third kappa shape index (κ3) is 7.24. The summed E-state index contributed by atoms with van der Waals surface area (Å²) in [6.45, 7) is 1.01. The fourth-order valence-electron chi connectivity index (χ4n) is 2.17. The summed E-state index contributed by atoms with van der Waals surface area (Å²) >= 11 is 0. The summed E-state index contributed by atoms with van der Waals surface area (Å²) in [5.74, 6) is 1.44. The SMILES string of the molecule is C[S+](C)CCCCCCCC1CCCO1. The Bertz CT molecular complexity index is 141. The van der Waals surface area contributed by atoms with E-state index in [1.165, 1.54) is 57.1 Å². The molecule has 0 amide bonds. The lowest BCUT2D eigenvalue weighted by atomic mass is 10.1. The first-order valence-corrected chi connectivity index (χ1v) is 8.66. The molecule has 15 heavy (non-hydrogen) atoms. The largest absolute Gasteiger partial charge is 0.378 e. The third-order valence-electron chi connectivity index (χ3n) is 3.10. The lowest BCUT2D eigenvalue weighted by Crippen LogP contribution is -2.04. The van der Waals surface area contributed by atoms with Gasteiger partial charge in [-0.3, -0.25) is 0 Å². The highest BCUT2D eigenvalue weighted by Gasteiger charge is 2.14. The smallest absolute Gasteiger partial charge is 0.107 e. The summed E-state index contributed by atoms with van der Waals surface area (Å²) in [4.78, 5) is 0. The normalized spacial score (nSPS) is 21.4. The van der Waals surface area contributed by atoms with E-state index >= 15 is 0 Å². The molecular formula is C13H27OS+. The van der Waals surface area contributed by atoms with E-state index in [1.54, 1.807) is 0 Å². The van der Waals surface area contributed by atoms with Crippen molar-refractivity contribution in [2.75, 3.05) is 24.9 Å². The minimum Gasteiger partial charge on any atom is -0.378 e. The number of hydrogen-bond acceptors (Lipinski definition) is 1. The van der Waals surface area contributed by atoms with Crippen molar-refractivity contribution in [1.82, 2.24) is 0 Å². The highest BCUT2D eigenvalue weighted by atomic mass is 32.2. The molecule has 1 heterocycles. The minimum absolute atomic E-state index is 0.613. The van der Waals surface area contributed by atoms with Crippen LogP contribution >= 0.6 is 0 Å². The quantitative estimate of drug-likeness (QED) is 0.460. The van der Waals surface area contributed by atoms with Crippen LogP contribution in [0.1, 0.15) is 51.4 Å². The summed E-state index contributed by atoms with van der Waals surface area (Å²) < 4.78 is 5.61. The summed E-state index contributed by atoms with van der Waals surface area (Å²) in [5, 5.41) is 0. The van der Waals surface area contributed by atoms with E-state index in [1.807, 2.05) is 0 Å². The lowest BCUT2D eigenvalue weighted by Gasteiger charge is -2.08. The predicted octanol–water partition coefficient (Wildman–Crippen LogP) is 3.38. The average Bonchev–Trinajstić information content (AvgIpc) is 2.68. The Hall–Kier alpha value is 0.310. The molecule has 1 rings (SSSR count). The molecule has 1 unspecified atom stereocenters. The van der Waals surface area contributed by atoms with Gasteiger partial charge in [0.1, 0.15) is 5.75 Å². The van der Waals surface area contributed by atoms with Gasteiger partial charge in [0.05, 0.1) is 18.6 Å². The van der Waals surface area contributed by atoms with Crippen molar-refractivity contribution in [2.24, 2.45) is 0 Å². The second-order valence-corrected chi connectivity index (χ2v) is 7.26. The third-order valence-corrected chi connectivity index (χ3v) is 4.21. The molecule has 0 N–H and O–H groups in total. The van der Waals surface area contributed by atoms with Gasteiger partial charge in [-0.1, -0.05) is 19.3 Å². The van der Waals surface area contributed by atoms with Crippen LogP contribution in [0, 0.1) is 0 Å². The first-order chi connectivity index (χ1) is 7.29. The molecule has 1 atom stereocenters. The van der Waals surface area contributed by atoms with Crippen LogP contribution in [0.2, 0.25) is 0 Å². The topological polar surface area (TPSA) is 9.23 Å². The number of hydrogen-bond donors (Lipinski definition) is 0. The van der Waals surface area contributed by atoms with Crippen LogP contribution in [-0.2, 0) is 15.6 Å². The van der Waals surface area contributed by atoms with Crippen molar-refractivity contribution >= 4 is 10.9 Å². The van der Waals surface area contributed by atoms with Crippen molar-refractivity contribution in [3.05, 3.63) is 0 Å². The van der Waals surface area contributed by atoms with Gasteiger partial charge >= 0.3 is 0 Å². The molecule has 0 spiro atoms. The van der Waals surface area contributed by atoms with Crippen LogP contribution in [0.25, 0.3) is 0 Å². The molecule has 0 aromatic heterocycles. The van der Waals surface area contributed by atoms with Gasteiger partial charge in [-0.15, -0.1) is 0 Å². The Balaban J connectivity index is 1.76. The summed E-state index contributed by atoms with van der Waals surface area (Å²) in [5.41, 5.74) is 0. The van der Waals surface area contributed by atoms with Gasteiger partial charge in [0.25, 0.3) is 0 Å². The second kappa shape index (κ2) is 8.46. The maximum atomic E-state index is 5.61. The summed E-state index contributed by atoms with van der Waals surface area (Å²) in [7, 11) is 0.655. The molecule has 90 valence electrons. The van der Waals surface area contributed by atoms with E-state index in [0.29, 0.717) is 17.0 Å². The van der Waals surface area contributed by atoms with Crippen LogP contribution in [0.3, 0.4) is 0 Å². The van der Waals surface area contributed by atoms with Crippen molar-refractivity contribution < 1.29 is 4.74 Å². The first-order valence-electron chi connectivity index (χ1n) is 6.45. The van der Waals surface area contributed by atoms with Gasteiger partial charge in [0.2, 0.25) is 0 Å². The van der Waals surface area contributed by atoms with Crippen LogP contribution in [0.4, 0.5) is 0 Å². The number of rotatable bonds is 8. The molecule has 0 saturated carbocycles. The van der Waals surface area contributed by atoms with E-state index in [2.05, 4.69) is 12.5 Å². The maximum absolute atomic E-state index is 5.61. The van der Waals surface area contributed by atoms with Gasteiger partial charge in [-0.2, -0.15) is 0 Å². The van der Waals surface area contributed by atoms with Gasteiger partial charge in [-0.25, -0.2) is 0 Å². The zero-order valence-corrected chi connectivity index (χ0v) is 11.3. The maximum Gasteiger partial charge on any atom is 0.107 e. The van der Waals surface area contributed by atoms with Gasteiger partial charge < -0.3 is 4.74 Å². The van der Waals surface area contributed by atoms with E-state index in [9.17, 15) is 0 Å². The summed E-state index contributed by atoms with van der Waals surface area (Å²) in [6, 6.07) is 0. The predicted molar refractivity (Wildman–Crippen MR) is 70.8 cm³/mol. The fraction of sp³-hybridized carbons (Fsp3) is 1.00. The highest BCUT2D eigenvalue weighted by molar-refractivity contribution is 7.95. The zero-order valence-electron chi connectivity index (χ0n) is 10.5. The molecule has 1 nitrogen and oxygen atoms in total. The van der Waals surface area contributed by atoms with Crippen molar-refractivity contribution in [2.45, 2.75) is 57.5 Å².